The fourth-order valence-corrected chi connectivity index (χ4v) is 2.51. The summed E-state index contributed by atoms with van der Waals surface area (Å²) in [5.41, 5.74) is 3.00. The Morgan fingerprint density at radius 2 is 1.44 bits per heavy atom. The topological polar surface area (TPSA) is 85.2 Å². The van der Waals surface area contributed by atoms with Crippen LogP contribution in [-0.4, -0.2) is 49.2 Å². The van der Waals surface area contributed by atoms with Gasteiger partial charge in [-0.2, -0.15) is 0 Å². The minimum Gasteiger partial charge on any atom is -0.489 e. The predicted molar refractivity (Wildman–Crippen MR) is 128 cm³/mol. The summed E-state index contributed by atoms with van der Waals surface area (Å²) >= 11 is 0. The summed E-state index contributed by atoms with van der Waals surface area (Å²) in [5.74, 6) is 0.818. The Labute approximate surface area is 193 Å². The van der Waals surface area contributed by atoms with Crippen LogP contribution in [0.2, 0.25) is 0 Å². The zero-order chi connectivity index (χ0) is 24.4. The van der Waals surface area contributed by atoms with Gasteiger partial charge in [0.05, 0.1) is 13.2 Å². The Hall–Kier alpha value is -2.25. The Balaban J connectivity index is 0.000000666. The lowest BCUT2D eigenvalue weighted by atomic mass is 9.87. The van der Waals surface area contributed by atoms with E-state index in [2.05, 4.69) is 32.9 Å². The second kappa shape index (κ2) is 17.3. The summed E-state index contributed by atoms with van der Waals surface area (Å²) in [6.45, 7) is 14.0. The molecule has 6 nitrogen and oxygen atoms in total. The molecule has 0 aliphatic rings. The van der Waals surface area contributed by atoms with E-state index in [4.69, 9.17) is 24.4 Å². The molecule has 0 saturated carbocycles. The van der Waals surface area contributed by atoms with Crippen LogP contribution in [0.3, 0.4) is 0 Å². The van der Waals surface area contributed by atoms with E-state index >= 15 is 0 Å². The SMILES string of the molecule is CC(C)(C)c1ccc(OCc2ccccc2C=O)cc1.CCOC(C)OCC.OCCO. The van der Waals surface area contributed by atoms with Crippen molar-refractivity contribution in [2.45, 2.75) is 59.9 Å². The van der Waals surface area contributed by atoms with Crippen LogP contribution < -0.4 is 4.74 Å². The number of carbonyl (C=O) groups is 1. The molecule has 0 aliphatic heterocycles. The average molecular weight is 449 g/mol. The molecule has 0 aromatic heterocycles. The van der Waals surface area contributed by atoms with Crippen molar-refractivity contribution in [2.75, 3.05) is 26.4 Å². The molecule has 2 aromatic rings. The molecule has 6 heteroatoms. The fraction of sp³-hybridized carbons (Fsp3) is 0.500. The minimum atomic E-state index is -0.125. The van der Waals surface area contributed by atoms with Crippen LogP contribution in [0.1, 0.15) is 63.0 Å². The summed E-state index contributed by atoms with van der Waals surface area (Å²) in [6.07, 6.45) is 0.825. The van der Waals surface area contributed by atoms with Gasteiger partial charge in [0.1, 0.15) is 18.6 Å². The van der Waals surface area contributed by atoms with E-state index < -0.39 is 0 Å². The maximum atomic E-state index is 10.9. The van der Waals surface area contributed by atoms with Crippen molar-refractivity contribution in [3.05, 3.63) is 65.2 Å². The molecular formula is C26H40O6. The van der Waals surface area contributed by atoms with E-state index in [-0.39, 0.29) is 24.9 Å². The summed E-state index contributed by atoms with van der Waals surface area (Å²) in [7, 11) is 0. The van der Waals surface area contributed by atoms with Gasteiger partial charge in [0, 0.05) is 18.8 Å². The van der Waals surface area contributed by atoms with E-state index in [1.54, 1.807) is 6.07 Å². The van der Waals surface area contributed by atoms with E-state index in [1.165, 1.54) is 5.56 Å². The first-order valence-corrected chi connectivity index (χ1v) is 10.9. The van der Waals surface area contributed by atoms with Crippen molar-refractivity contribution in [3.63, 3.8) is 0 Å². The monoisotopic (exact) mass is 448 g/mol. The van der Waals surface area contributed by atoms with Gasteiger partial charge >= 0.3 is 0 Å². The Morgan fingerprint density at radius 3 is 1.88 bits per heavy atom. The first kappa shape index (κ1) is 29.8. The number of benzene rings is 2. The zero-order valence-corrected chi connectivity index (χ0v) is 20.3. The molecule has 0 saturated heterocycles. The number of rotatable bonds is 9. The minimum absolute atomic E-state index is 0.0370. The molecule has 0 heterocycles. The number of hydrogen-bond acceptors (Lipinski definition) is 6. The second-order valence-electron chi connectivity index (χ2n) is 7.81. The summed E-state index contributed by atoms with van der Waals surface area (Å²) < 4.78 is 15.9. The van der Waals surface area contributed by atoms with Crippen LogP contribution in [-0.2, 0) is 21.5 Å². The highest BCUT2D eigenvalue weighted by Gasteiger charge is 2.13. The normalized spacial score (nSPS) is 10.5. The number of hydrogen-bond donors (Lipinski definition) is 2. The predicted octanol–water partition coefficient (Wildman–Crippen LogP) is 4.75. The molecule has 2 aromatic carbocycles. The molecule has 0 radical (unpaired) electrons. The zero-order valence-electron chi connectivity index (χ0n) is 20.3. The third-order valence-electron chi connectivity index (χ3n) is 4.20. The van der Waals surface area contributed by atoms with Crippen molar-refractivity contribution in [1.29, 1.82) is 0 Å². The van der Waals surface area contributed by atoms with Crippen LogP contribution in [0, 0.1) is 0 Å². The number of ether oxygens (including phenoxy) is 3. The first-order chi connectivity index (χ1) is 15.2. The second-order valence-corrected chi connectivity index (χ2v) is 7.81. The largest absolute Gasteiger partial charge is 0.489 e. The molecule has 2 N–H and O–H groups in total. The molecule has 0 amide bonds. The summed E-state index contributed by atoms with van der Waals surface area (Å²) in [4.78, 5) is 10.9. The maximum Gasteiger partial charge on any atom is 0.154 e. The van der Waals surface area contributed by atoms with Crippen LogP contribution in [0.25, 0.3) is 0 Å². The van der Waals surface area contributed by atoms with Crippen LogP contribution in [0.15, 0.2) is 48.5 Å². The van der Waals surface area contributed by atoms with Crippen molar-refractivity contribution in [3.8, 4) is 5.75 Å². The molecule has 0 aliphatic carbocycles. The average Bonchev–Trinajstić information content (AvgIpc) is 2.78. The van der Waals surface area contributed by atoms with Crippen molar-refractivity contribution >= 4 is 6.29 Å². The van der Waals surface area contributed by atoms with Crippen molar-refractivity contribution < 1.29 is 29.2 Å². The highest BCUT2D eigenvalue weighted by molar-refractivity contribution is 5.77. The summed E-state index contributed by atoms with van der Waals surface area (Å²) in [5, 5.41) is 15.2. The van der Waals surface area contributed by atoms with Gasteiger partial charge in [-0.15, -0.1) is 0 Å². The quantitative estimate of drug-likeness (QED) is 0.425. The molecular weight excluding hydrogens is 408 g/mol. The van der Waals surface area contributed by atoms with Crippen LogP contribution in [0.4, 0.5) is 0 Å². The van der Waals surface area contributed by atoms with Gasteiger partial charge in [-0.3, -0.25) is 4.79 Å². The van der Waals surface area contributed by atoms with Gasteiger partial charge in [0.25, 0.3) is 0 Å². The third kappa shape index (κ3) is 13.2. The van der Waals surface area contributed by atoms with Gasteiger partial charge in [-0.25, -0.2) is 0 Å². The molecule has 0 bridgehead atoms. The lowest BCUT2D eigenvalue weighted by molar-refractivity contribution is -0.123. The van der Waals surface area contributed by atoms with Gasteiger partial charge in [0.15, 0.2) is 6.29 Å². The van der Waals surface area contributed by atoms with Gasteiger partial charge in [-0.05, 0) is 49.4 Å². The third-order valence-corrected chi connectivity index (χ3v) is 4.20. The molecule has 0 fully saturated rings. The summed E-state index contributed by atoms with van der Waals surface area (Å²) in [6, 6.07) is 15.6. The highest BCUT2D eigenvalue weighted by Crippen LogP contribution is 2.24. The van der Waals surface area contributed by atoms with E-state index in [9.17, 15) is 4.79 Å². The lowest BCUT2D eigenvalue weighted by Gasteiger charge is -2.19. The molecule has 0 unspecified atom stereocenters. The van der Waals surface area contributed by atoms with Crippen LogP contribution >= 0.6 is 0 Å². The number of aliphatic hydroxyl groups is 2. The molecule has 0 atom stereocenters. The lowest BCUT2D eigenvalue weighted by Crippen LogP contribution is -2.11. The van der Waals surface area contributed by atoms with Crippen molar-refractivity contribution in [1.82, 2.24) is 0 Å². The smallest absolute Gasteiger partial charge is 0.154 e. The standard InChI is InChI=1S/C18H20O2.C6H14O2.C2H6O2/c1-18(2,3)16-8-10-17(11-9-16)20-13-15-7-5-4-6-14(15)12-19;1-4-7-6(3)8-5-2;3-1-2-4/h4-12H,13H2,1-3H3;6H,4-5H2,1-3H3;3-4H,1-2H2. The van der Waals surface area contributed by atoms with Crippen LogP contribution in [0.5, 0.6) is 5.75 Å². The number of carbonyl (C=O) groups excluding carboxylic acids is 1. The van der Waals surface area contributed by atoms with E-state index in [1.807, 2.05) is 51.1 Å². The highest BCUT2D eigenvalue weighted by atomic mass is 16.7. The Kier molecular flexibility index (Phi) is 16.1. The van der Waals surface area contributed by atoms with Gasteiger partial charge in [-0.1, -0.05) is 57.2 Å². The van der Waals surface area contributed by atoms with E-state index in [0.717, 1.165) is 30.8 Å². The molecule has 2 rings (SSSR count). The fourth-order valence-electron chi connectivity index (χ4n) is 2.51. The van der Waals surface area contributed by atoms with Gasteiger partial charge < -0.3 is 24.4 Å². The maximum absolute atomic E-state index is 10.9. The number of aliphatic hydroxyl groups excluding tert-OH is 2. The number of aldehydes is 1. The van der Waals surface area contributed by atoms with E-state index in [0.29, 0.717) is 12.2 Å². The molecule has 0 spiro atoms. The Bertz CT molecular complexity index is 714. The molecule has 32 heavy (non-hydrogen) atoms. The van der Waals surface area contributed by atoms with Crippen molar-refractivity contribution in [2.24, 2.45) is 0 Å². The molecule has 180 valence electrons. The van der Waals surface area contributed by atoms with Gasteiger partial charge in [0.2, 0.25) is 0 Å². The Morgan fingerprint density at radius 1 is 0.906 bits per heavy atom. The first-order valence-electron chi connectivity index (χ1n) is 10.9.